The zero-order chi connectivity index (χ0) is 14.0. The minimum Gasteiger partial charge on any atom is -0.506 e. The van der Waals surface area contributed by atoms with Crippen LogP contribution in [0.1, 0.15) is 12.2 Å². The van der Waals surface area contributed by atoms with E-state index in [1.807, 2.05) is 0 Å². The number of benzene rings is 1. The number of alkyl halides is 3. The molecular weight excluding hydrogens is 263 g/mol. The molecule has 0 atom stereocenters. The van der Waals surface area contributed by atoms with Gasteiger partial charge in [0.05, 0.1) is 12.1 Å². The molecule has 3 N–H and O–H groups in total. The van der Waals surface area contributed by atoms with Crippen molar-refractivity contribution in [3.05, 3.63) is 24.0 Å². The number of aromatic hydroxyl groups is 1. The number of phenolic OH excluding ortho intramolecular Hbond substituents is 1. The van der Waals surface area contributed by atoms with Gasteiger partial charge in [-0.1, -0.05) is 5.16 Å². The van der Waals surface area contributed by atoms with Gasteiger partial charge in [-0.15, -0.1) is 0 Å². The summed E-state index contributed by atoms with van der Waals surface area (Å²) in [4.78, 5) is 3.82. The van der Waals surface area contributed by atoms with E-state index in [4.69, 9.17) is 10.3 Å². The number of nitrogens with two attached hydrogens (primary N) is 1. The molecule has 0 spiro atoms. The molecule has 19 heavy (non-hydrogen) atoms. The summed E-state index contributed by atoms with van der Waals surface area (Å²) in [6, 6.07) is 4.26. The Morgan fingerprint density at radius 1 is 1.32 bits per heavy atom. The lowest BCUT2D eigenvalue weighted by molar-refractivity contribution is -0.134. The molecule has 0 fully saturated rings. The highest BCUT2D eigenvalue weighted by molar-refractivity contribution is 5.63. The number of phenols is 1. The molecule has 8 heteroatoms. The van der Waals surface area contributed by atoms with Crippen LogP contribution in [0.25, 0.3) is 11.5 Å². The van der Waals surface area contributed by atoms with Gasteiger partial charge in [0.1, 0.15) is 5.75 Å². The highest BCUT2D eigenvalue weighted by Crippen LogP contribution is 2.27. The van der Waals surface area contributed by atoms with Gasteiger partial charge in [-0.2, -0.15) is 18.2 Å². The van der Waals surface area contributed by atoms with Crippen molar-refractivity contribution in [2.75, 3.05) is 5.73 Å². The highest BCUT2D eigenvalue weighted by atomic mass is 19.4. The predicted octanol–water partition coefficient (Wildman–Crippen LogP) is 2.52. The van der Waals surface area contributed by atoms with Crippen LogP contribution in [0.3, 0.4) is 0 Å². The number of hydrogen-bond acceptors (Lipinski definition) is 5. The number of aromatic nitrogens is 2. The molecule has 0 aliphatic heterocycles. The van der Waals surface area contributed by atoms with Crippen LogP contribution in [-0.2, 0) is 6.42 Å². The fraction of sp³-hybridized carbons (Fsp3) is 0.273. The van der Waals surface area contributed by atoms with Gasteiger partial charge in [-0.05, 0) is 18.2 Å². The maximum absolute atomic E-state index is 12.0. The average molecular weight is 273 g/mol. The standard InChI is InChI=1S/C11H10F3N3O2/c12-11(13,14)4-3-9-16-10(19-17-9)6-1-2-7(15)8(18)5-6/h1-2,5,18H,3-4,15H2. The Morgan fingerprint density at radius 2 is 2.05 bits per heavy atom. The van der Waals surface area contributed by atoms with Crippen molar-refractivity contribution in [2.24, 2.45) is 0 Å². The second-order valence-corrected chi connectivity index (χ2v) is 3.90. The Bertz CT molecular complexity index is 581. The number of anilines is 1. The molecule has 0 saturated heterocycles. The molecule has 102 valence electrons. The third-order valence-electron chi connectivity index (χ3n) is 2.38. The Labute approximate surface area is 105 Å². The average Bonchev–Trinajstić information content (AvgIpc) is 2.78. The van der Waals surface area contributed by atoms with Gasteiger partial charge >= 0.3 is 6.18 Å². The molecule has 2 aromatic rings. The number of hydrogen-bond donors (Lipinski definition) is 2. The van der Waals surface area contributed by atoms with Crippen molar-refractivity contribution >= 4 is 5.69 Å². The number of halogens is 3. The summed E-state index contributed by atoms with van der Waals surface area (Å²) in [6.45, 7) is 0. The normalized spacial score (nSPS) is 11.7. The Kier molecular flexibility index (Phi) is 3.32. The van der Waals surface area contributed by atoms with Crippen LogP contribution in [0.4, 0.5) is 18.9 Å². The molecule has 0 amide bonds. The van der Waals surface area contributed by atoms with E-state index in [2.05, 4.69) is 10.1 Å². The molecule has 0 aliphatic carbocycles. The summed E-state index contributed by atoms with van der Waals surface area (Å²) in [5, 5.41) is 12.9. The minimum absolute atomic E-state index is 0.0347. The number of rotatable bonds is 3. The summed E-state index contributed by atoms with van der Waals surface area (Å²) < 4.78 is 40.9. The number of aryl methyl sites for hydroxylation is 1. The van der Waals surface area contributed by atoms with Crippen LogP contribution >= 0.6 is 0 Å². The van der Waals surface area contributed by atoms with Crippen LogP contribution in [0, 0.1) is 0 Å². The molecule has 0 aliphatic rings. The maximum Gasteiger partial charge on any atom is 0.389 e. The first kappa shape index (κ1) is 13.2. The van der Waals surface area contributed by atoms with Crippen LogP contribution in [0.15, 0.2) is 22.7 Å². The van der Waals surface area contributed by atoms with E-state index in [0.29, 0.717) is 5.56 Å². The van der Waals surface area contributed by atoms with Gasteiger partial charge in [-0.3, -0.25) is 0 Å². The smallest absolute Gasteiger partial charge is 0.389 e. The highest BCUT2D eigenvalue weighted by Gasteiger charge is 2.27. The first-order valence-corrected chi connectivity index (χ1v) is 5.33. The first-order valence-electron chi connectivity index (χ1n) is 5.33. The third-order valence-corrected chi connectivity index (χ3v) is 2.38. The van der Waals surface area contributed by atoms with Gasteiger partial charge in [-0.25, -0.2) is 0 Å². The minimum atomic E-state index is -4.26. The lowest BCUT2D eigenvalue weighted by atomic mass is 10.2. The van der Waals surface area contributed by atoms with Crippen LogP contribution < -0.4 is 5.73 Å². The Morgan fingerprint density at radius 3 is 2.68 bits per heavy atom. The van der Waals surface area contributed by atoms with Crippen LogP contribution in [0.5, 0.6) is 5.75 Å². The predicted molar refractivity (Wildman–Crippen MR) is 60.2 cm³/mol. The zero-order valence-electron chi connectivity index (χ0n) is 9.61. The van der Waals surface area contributed by atoms with E-state index in [-0.39, 0.29) is 29.6 Å². The van der Waals surface area contributed by atoms with Crippen molar-refractivity contribution in [1.82, 2.24) is 10.1 Å². The fourth-order valence-electron chi connectivity index (χ4n) is 1.40. The topological polar surface area (TPSA) is 85.2 Å². The van der Waals surface area contributed by atoms with Crippen molar-refractivity contribution in [2.45, 2.75) is 19.0 Å². The lowest BCUT2D eigenvalue weighted by Gasteiger charge is -2.02. The van der Waals surface area contributed by atoms with Crippen molar-refractivity contribution in [3.8, 4) is 17.2 Å². The first-order chi connectivity index (χ1) is 8.85. The number of nitrogen functional groups attached to an aromatic ring is 1. The van der Waals surface area contributed by atoms with E-state index in [0.717, 1.165) is 0 Å². The molecule has 0 saturated carbocycles. The molecule has 1 aromatic carbocycles. The summed E-state index contributed by atoms with van der Waals surface area (Å²) in [6.07, 6.45) is -5.63. The van der Waals surface area contributed by atoms with E-state index in [9.17, 15) is 18.3 Å². The lowest BCUT2D eigenvalue weighted by Crippen LogP contribution is -2.09. The molecule has 1 aromatic heterocycles. The molecule has 0 radical (unpaired) electrons. The van der Waals surface area contributed by atoms with E-state index >= 15 is 0 Å². The molecule has 0 bridgehead atoms. The van der Waals surface area contributed by atoms with Crippen molar-refractivity contribution < 1.29 is 22.8 Å². The Balaban J connectivity index is 2.14. The fourth-order valence-corrected chi connectivity index (χ4v) is 1.40. The summed E-state index contributed by atoms with van der Waals surface area (Å²) in [5.41, 5.74) is 5.99. The zero-order valence-corrected chi connectivity index (χ0v) is 9.61. The van der Waals surface area contributed by atoms with Crippen LogP contribution in [-0.4, -0.2) is 21.4 Å². The third kappa shape index (κ3) is 3.36. The molecule has 5 nitrogen and oxygen atoms in total. The van der Waals surface area contributed by atoms with Gasteiger partial charge in [0.15, 0.2) is 5.82 Å². The largest absolute Gasteiger partial charge is 0.506 e. The number of nitrogens with zero attached hydrogens (tertiary/aromatic N) is 2. The van der Waals surface area contributed by atoms with Gasteiger partial charge in [0.2, 0.25) is 0 Å². The second-order valence-electron chi connectivity index (χ2n) is 3.90. The summed E-state index contributed by atoms with van der Waals surface area (Å²) >= 11 is 0. The maximum atomic E-state index is 12.0. The monoisotopic (exact) mass is 273 g/mol. The second kappa shape index (κ2) is 4.79. The van der Waals surface area contributed by atoms with E-state index < -0.39 is 12.6 Å². The van der Waals surface area contributed by atoms with Crippen molar-refractivity contribution in [3.63, 3.8) is 0 Å². The SMILES string of the molecule is Nc1ccc(-c2nc(CCC(F)(F)F)no2)cc1O. The van der Waals surface area contributed by atoms with Crippen LogP contribution in [0.2, 0.25) is 0 Å². The molecular formula is C11H10F3N3O2. The molecule has 1 heterocycles. The van der Waals surface area contributed by atoms with Crippen molar-refractivity contribution in [1.29, 1.82) is 0 Å². The van der Waals surface area contributed by atoms with Gasteiger partial charge in [0, 0.05) is 12.0 Å². The Hall–Kier alpha value is -2.25. The summed E-state index contributed by atoms with van der Waals surface area (Å²) in [7, 11) is 0. The van der Waals surface area contributed by atoms with E-state index in [1.54, 1.807) is 0 Å². The van der Waals surface area contributed by atoms with E-state index in [1.165, 1.54) is 18.2 Å². The summed E-state index contributed by atoms with van der Waals surface area (Å²) in [5.74, 6) is -0.163. The van der Waals surface area contributed by atoms with Gasteiger partial charge in [0.25, 0.3) is 5.89 Å². The quantitative estimate of drug-likeness (QED) is 0.663. The molecule has 0 unspecified atom stereocenters. The van der Waals surface area contributed by atoms with Gasteiger partial charge < -0.3 is 15.4 Å². The molecule has 2 rings (SSSR count).